The Balaban J connectivity index is 2.21. The van der Waals surface area contributed by atoms with Gasteiger partial charge in [0.05, 0.1) is 24.9 Å². The molecule has 7 heteroatoms. The van der Waals surface area contributed by atoms with Gasteiger partial charge in [0.25, 0.3) is 0 Å². The van der Waals surface area contributed by atoms with Crippen molar-refractivity contribution in [3.05, 3.63) is 11.5 Å². The predicted molar refractivity (Wildman–Crippen MR) is 86.9 cm³/mol. The monoisotopic (exact) mass is 326 g/mol. The second kappa shape index (κ2) is 7.63. The maximum atomic E-state index is 11.7. The Morgan fingerprint density at radius 2 is 2.32 bits per heavy atom. The lowest BCUT2D eigenvalue weighted by Crippen LogP contribution is -2.40. The molecule has 22 heavy (non-hydrogen) atoms. The first-order valence-corrected chi connectivity index (χ1v) is 8.11. The summed E-state index contributed by atoms with van der Waals surface area (Å²) < 4.78 is 5.02. The zero-order chi connectivity index (χ0) is 16.1. The minimum Gasteiger partial charge on any atom is -0.466 e. The highest BCUT2D eigenvalue weighted by atomic mass is 35.5. The number of hydrogen-bond acceptors (Lipinski definition) is 6. The summed E-state index contributed by atoms with van der Waals surface area (Å²) in [6.45, 7) is 4.93. The van der Waals surface area contributed by atoms with E-state index < -0.39 is 0 Å². The maximum Gasteiger partial charge on any atom is 0.307 e. The summed E-state index contributed by atoms with van der Waals surface area (Å²) in [6.07, 6.45) is 5.21. The van der Waals surface area contributed by atoms with Crippen LogP contribution in [0.5, 0.6) is 0 Å². The average molecular weight is 327 g/mol. The van der Waals surface area contributed by atoms with E-state index in [0.29, 0.717) is 43.0 Å². The van der Waals surface area contributed by atoms with E-state index in [2.05, 4.69) is 21.8 Å². The fourth-order valence-corrected chi connectivity index (χ4v) is 3.18. The largest absolute Gasteiger partial charge is 0.466 e. The number of nitrogens with two attached hydrogens (primary N) is 1. The Morgan fingerprint density at radius 3 is 2.95 bits per heavy atom. The minimum absolute atomic E-state index is 0.163. The van der Waals surface area contributed by atoms with Crippen LogP contribution in [-0.2, 0) is 9.53 Å². The molecule has 1 aliphatic carbocycles. The normalized spacial score (nSPS) is 20.9. The third kappa shape index (κ3) is 4.00. The van der Waals surface area contributed by atoms with Crippen molar-refractivity contribution < 1.29 is 9.53 Å². The topological polar surface area (TPSA) is 81.3 Å². The average Bonchev–Trinajstić information content (AvgIpc) is 2.89. The van der Waals surface area contributed by atoms with Crippen molar-refractivity contribution in [1.29, 1.82) is 0 Å². The lowest BCUT2D eigenvalue weighted by Gasteiger charge is -2.33. The number of esters is 1. The van der Waals surface area contributed by atoms with Crippen molar-refractivity contribution in [1.82, 2.24) is 9.97 Å². The highest BCUT2D eigenvalue weighted by Crippen LogP contribution is 2.34. The Labute approximate surface area is 136 Å². The van der Waals surface area contributed by atoms with E-state index in [0.717, 1.165) is 6.42 Å². The minimum atomic E-state index is -0.211. The first-order valence-electron chi connectivity index (χ1n) is 7.73. The van der Waals surface area contributed by atoms with E-state index in [9.17, 15) is 4.79 Å². The molecule has 122 valence electrons. The van der Waals surface area contributed by atoms with Gasteiger partial charge < -0.3 is 15.4 Å². The van der Waals surface area contributed by atoms with Crippen molar-refractivity contribution in [3.8, 4) is 0 Å². The van der Waals surface area contributed by atoms with Gasteiger partial charge in [-0.2, -0.15) is 4.98 Å². The number of anilines is 2. The van der Waals surface area contributed by atoms with Gasteiger partial charge in [-0.3, -0.25) is 4.79 Å². The molecular formula is C15H23ClN4O2. The van der Waals surface area contributed by atoms with Gasteiger partial charge in [0.15, 0.2) is 5.82 Å². The summed E-state index contributed by atoms with van der Waals surface area (Å²) >= 11 is 5.92. The van der Waals surface area contributed by atoms with Crippen molar-refractivity contribution >= 4 is 29.1 Å². The molecule has 1 aliphatic rings. The number of hydrogen-bond donors (Lipinski definition) is 1. The standard InChI is InChI=1S/C15H23ClN4O2/c1-3-22-13(21)7-8-20(12-6-4-5-10(12)2)14-11(17)9-18-15(16)19-14/h9-10,12H,3-8,17H2,1-2H3. The van der Waals surface area contributed by atoms with Gasteiger partial charge in [-0.05, 0) is 37.3 Å². The number of halogens is 1. The molecule has 1 aromatic rings. The molecule has 0 bridgehead atoms. The zero-order valence-electron chi connectivity index (χ0n) is 13.1. The van der Waals surface area contributed by atoms with Gasteiger partial charge in [0.2, 0.25) is 5.28 Å². The van der Waals surface area contributed by atoms with Crippen LogP contribution in [0.1, 0.15) is 39.5 Å². The fourth-order valence-electron chi connectivity index (χ4n) is 3.05. The molecule has 2 rings (SSSR count). The first kappa shape index (κ1) is 16.8. The molecule has 1 aromatic heterocycles. The van der Waals surface area contributed by atoms with E-state index >= 15 is 0 Å². The van der Waals surface area contributed by atoms with Gasteiger partial charge in [-0.15, -0.1) is 0 Å². The van der Waals surface area contributed by atoms with Crippen LogP contribution >= 0.6 is 11.6 Å². The molecule has 2 N–H and O–H groups in total. The molecule has 0 spiro atoms. The Morgan fingerprint density at radius 1 is 1.55 bits per heavy atom. The zero-order valence-corrected chi connectivity index (χ0v) is 13.8. The van der Waals surface area contributed by atoms with Crippen molar-refractivity contribution in [2.45, 2.75) is 45.6 Å². The van der Waals surface area contributed by atoms with E-state index in [1.54, 1.807) is 6.92 Å². The number of nitrogen functional groups attached to an aromatic ring is 1. The highest BCUT2D eigenvalue weighted by Gasteiger charge is 2.31. The second-order valence-corrected chi connectivity index (χ2v) is 5.98. The summed E-state index contributed by atoms with van der Waals surface area (Å²) in [5.41, 5.74) is 6.51. The Bertz CT molecular complexity index is 526. The Hall–Kier alpha value is -1.56. The Kier molecular flexibility index (Phi) is 5.83. The van der Waals surface area contributed by atoms with Crippen LogP contribution in [-0.4, -0.2) is 35.1 Å². The molecule has 0 aliphatic heterocycles. The SMILES string of the molecule is CCOC(=O)CCN(c1nc(Cl)ncc1N)C1CCCC1C. The summed E-state index contributed by atoms with van der Waals surface area (Å²) in [7, 11) is 0. The second-order valence-electron chi connectivity index (χ2n) is 5.64. The van der Waals surface area contributed by atoms with Crippen LogP contribution in [0.2, 0.25) is 5.28 Å². The van der Waals surface area contributed by atoms with E-state index in [1.807, 2.05) is 0 Å². The maximum absolute atomic E-state index is 11.7. The molecule has 0 aromatic carbocycles. The smallest absolute Gasteiger partial charge is 0.307 e. The van der Waals surface area contributed by atoms with E-state index in [-0.39, 0.29) is 11.3 Å². The summed E-state index contributed by atoms with van der Waals surface area (Å²) in [5.74, 6) is 0.926. The molecule has 0 saturated heterocycles. The quantitative estimate of drug-likeness (QED) is 0.639. The van der Waals surface area contributed by atoms with Gasteiger partial charge in [-0.1, -0.05) is 13.3 Å². The molecule has 0 amide bonds. The number of carbonyl (C=O) groups excluding carboxylic acids is 1. The molecule has 2 atom stereocenters. The lowest BCUT2D eigenvalue weighted by molar-refractivity contribution is -0.142. The number of aromatic nitrogens is 2. The number of ether oxygens (including phenoxy) is 1. The third-order valence-corrected chi connectivity index (χ3v) is 4.30. The summed E-state index contributed by atoms with van der Waals surface area (Å²) in [6, 6.07) is 0.308. The van der Waals surface area contributed by atoms with Gasteiger partial charge >= 0.3 is 5.97 Å². The fraction of sp³-hybridized carbons (Fsp3) is 0.667. The van der Waals surface area contributed by atoms with Gasteiger partial charge in [0, 0.05) is 12.6 Å². The lowest BCUT2D eigenvalue weighted by atomic mass is 10.0. The molecule has 6 nitrogen and oxygen atoms in total. The molecule has 2 unspecified atom stereocenters. The van der Waals surface area contributed by atoms with Crippen LogP contribution in [0.4, 0.5) is 11.5 Å². The number of carbonyl (C=O) groups is 1. The third-order valence-electron chi connectivity index (χ3n) is 4.12. The van der Waals surface area contributed by atoms with Crippen LogP contribution in [0.15, 0.2) is 6.20 Å². The van der Waals surface area contributed by atoms with Crippen LogP contribution in [0, 0.1) is 5.92 Å². The molecule has 1 fully saturated rings. The van der Waals surface area contributed by atoms with Crippen LogP contribution < -0.4 is 10.6 Å². The molecular weight excluding hydrogens is 304 g/mol. The molecule has 0 radical (unpaired) electrons. The van der Waals surface area contributed by atoms with Gasteiger partial charge in [0.1, 0.15) is 0 Å². The number of nitrogens with zero attached hydrogens (tertiary/aromatic N) is 3. The van der Waals surface area contributed by atoms with Crippen molar-refractivity contribution in [2.24, 2.45) is 5.92 Å². The molecule has 1 heterocycles. The molecule has 1 saturated carbocycles. The number of rotatable bonds is 6. The predicted octanol–water partition coefficient (Wildman–Crippen LogP) is 2.66. The highest BCUT2D eigenvalue weighted by molar-refractivity contribution is 6.28. The van der Waals surface area contributed by atoms with Crippen LogP contribution in [0.3, 0.4) is 0 Å². The van der Waals surface area contributed by atoms with E-state index in [4.69, 9.17) is 22.1 Å². The van der Waals surface area contributed by atoms with Gasteiger partial charge in [-0.25, -0.2) is 4.98 Å². The summed E-state index contributed by atoms with van der Waals surface area (Å²) in [4.78, 5) is 22.0. The van der Waals surface area contributed by atoms with Crippen molar-refractivity contribution in [2.75, 3.05) is 23.8 Å². The summed E-state index contributed by atoms with van der Waals surface area (Å²) in [5, 5.41) is 0.163. The van der Waals surface area contributed by atoms with Crippen LogP contribution in [0.25, 0.3) is 0 Å². The van der Waals surface area contributed by atoms with E-state index in [1.165, 1.54) is 19.0 Å². The first-order chi connectivity index (χ1) is 10.5. The van der Waals surface area contributed by atoms with Crippen molar-refractivity contribution in [3.63, 3.8) is 0 Å².